The van der Waals surface area contributed by atoms with Crippen molar-refractivity contribution in [3.8, 4) is 5.75 Å². The standard InChI is InChI=1S/C20H36O4Si/c1-5-9-10-11-12-13-18-21-19-14-16-20(17-15-19)25(22-6-2,23-7-3)24-8-4/h14-17H,5-13,18H2,1-4H3. The Morgan fingerprint density at radius 3 is 1.72 bits per heavy atom. The van der Waals surface area contributed by atoms with E-state index in [9.17, 15) is 0 Å². The van der Waals surface area contributed by atoms with Crippen molar-refractivity contribution in [1.82, 2.24) is 0 Å². The van der Waals surface area contributed by atoms with Crippen molar-refractivity contribution < 1.29 is 18.0 Å². The molecule has 0 N–H and O–H groups in total. The van der Waals surface area contributed by atoms with Crippen molar-refractivity contribution in [1.29, 1.82) is 0 Å². The molecule has 0 unspecified atom stereocenters. The first kappa shape index (κ1) is 22.2. The van der Waals surface area contributed by atoms with Gasteiger partial charge in [0, 0.05) is 25.0 Å². The van der Waals surface area contributed by atoms with Crippen molar-refractivity contribution in [3.05, 3.63) is 24.3 Å². The zero-order valence-electron chi connectivity index (χ0n) is 16.5. The van der Waals surface area contributed by atoms with Gasteiger partial charge in [0.25, 0.3) is 0 Å². The molecule has 0 fully saturated rings. The van der Waals surface area contributed by atoms with Crippen LogP contribution < -0.4 is 9.92 Å². The molecule has 5 heteroatoms. The van der Waals surface area contributed by atoms with E-state index in [0.29, 0.717) is 19.8 Å². The summed E-state index contributed by atoms with van der Waals surface area (Å²) < 4.78 is 23.7. The van der Waals surface area contributed by atoms with E-state index in [0.717, 1.165) is 24.0 Å². The molecule has 0 bridgehead atoms. The molecule has 0 atom stereocenters. The molecule has 0 aromatic heterocycles. The predicted molar refractivity (Wildman–Crippen MR) is 106 cm³/mol. The first-order chi connectivity index (χ1) is 12.2. The molecule has 1 rings (SSSR count). The van der Waals surface area contributed by atoms with Crippen molar-refractivity contribution in [2.45, 2.75) is 66.2 Å². The van der Waals surface area contributed by atoms with Gasteiger partial charge in [-0.25, -0.2) is 0 Å². The summed E-state index contributed by atoms with van der Waals surface area (Å²) in [5, 5.41) is 0.991. The highest BCUT2D eigenvalue weighted by Gasteiger charge is 2.43. The highest BCUT2D eigenvalue weighted by atomic mass is 28.4. The van der Waals surface area contributed by atoms with E-state index in [-0.39, 0.29) is 0 Å². The average molecular weight is 369 g/mol. The molecular formula is C20H36O4Si. The van der Waals surface area contributed by atoms with Gasteiger partial charge in [-0.1, -0.05) is 51.2 Å². The van der Waals surface area contributed by atoms with Crippen molar-refractivity contribution in [2.75, 3.05) is 26.4 Å². The van der Waals surface area contributed by atoms with Gasteiger partial charge >= 0.3 is 8.80 Å². The summed E-state index contributed by atoms with van der Waals surface area (Å²) in [5.74, 6) is 0.893. The fourth-order valence-electron chi connectivity index (χ4n) is 2.77. The lowest BCUT2D eigenvalue weighted by molar-refractivity contribution is 0.0859. The fraction of sp³-hybridized carbons (Fsp3) is 0.700. The van der Waals surface area contributed by atoms with Crippen LogP contribution in [0.2, 0.25) is 0 Å². The van der Waals surface area contributed by atoms with E-state index in [4.69, 9.17) is 18.0 Å². The van der Waals surface area contributed by atoms with Crippen molar-refractivity contribution in [2.24, 2.45) is 0 Å². The minimum Gasteiger partial charge on any atom is -0.494 e. The second-order valence-electron chi connectivity index (χ2n) is 6.00. The third-order valence-electron chi connectivity index (χ3n) is 3.98. The molecule has 4 nitrogen and oxygen atoms in total. The van der Waals surface area contributed by atoms with Crippen LogP contribution >= 0.6 is 0 Å². The lowest BCUT2D eigenvalue weighted by atomic mass is 10.1. The highest BCUT2D eigenvalue weighted by Crippen LogP contribution is 2.15. The number of rotatable bonds is 15. The summed E-state index contributed by atoms with van der Waals surface area (Å²) in [5.41, 5.74) is 0. The van der Waals surface area contributed by atoms with Crippen LogP contribution in [0.25, 0.3) is 0 Å². The molecule has 0 aliphatic rings. The Hall–Kier alpha value is -0.883. The van der Waals surface area contributed by atoms with Crippen LogP contribution in [0.4, 0.5) is 0 Å². The quantitative estimate of drug-likeness (QED) is 0.333. The third-order valence-corrected chi connectivity index (χ3v) is 7.02. The molecular weight excluding hydrogens is 332 g/mol. The zero-order valence-corrected chi connectivity index (χ0v) is 17.5. The fourth-order valence-corrected chi connectivity index (χ4v) is 5.24. The lowest BCUT2D eigenvalue weighted by Gasteiger charge is -2.28. The molecule has 0 amide bonds. The Morgan fingerprint density at radius 1 is 0.680 bits per heavy atom. The number of unbranched alkanes of at least 4 members (excludes halogenated alkanes) is 5. The number of hydrogen-bond acceptors (Lipinski definition) is 4. The summed E-state index contributed by atoms with van der Waals surface area (Å²) >= 11 is 0. The first-order valence-electron chi connectivity index (χ1n) is 9.87. The molecule has 0 aliphatic carbocycles. The van der Waals surface area contributed by atoms with Crippen molar-refractivity contribution >= 4 is 14.0 Å². The van der Waals surface area contributed by atoms with E-state index in [1.54, 1.807) is 0 Å². The maximum atomic E-state index is 5.94. The van der Waals surface area contributed by atoms with Gasteiger partial charge in [0.2, 0.25) is 0 Å². The Morgan fingerprint density at radius 2 is 1.20 bits per heavy atom. The van der Waals surface area contributed by atoms with E-state index in [2.05, 4.69) is 6.92 Å². The third kappa shape index (κ3) is 7.90. The molecule has 0 saturated carbocycles. The van der Waals surface area contributed by atoms with Gasteiger partial charge in [0.05, 0.1) is 6.61 Å². The largest absolute Gasteiger partial charge is 0.537 e. The Bertz CT molecular complexity index is 419. The van der Waals surface area contributed by atoms with E-state index >= 15 is 0 Å². The number of hydrogen-bond donors (Lipinski definition) is 0. The normalized spacial score (nSPS) is 11.7. The minimum atomic E-state index is -2.81. The molecule has 1 aromatic rings. The molecule has 0 radical (unpaired) electrons. The maximum Gasteiger partial charge on any atom is 0.537 e. The van der Waals surface area contributed by atoms with E-state index in [1.807, 2.05) is 45.0 Å². The van der Waals surface area contributed by atoms with Gasteiger partial charge in [-0.3, -0.25) is 0 Å². The second-order valence-corrected chi connectivity index (χ2v) is 8.55. The van der Waals surface area contributed by atoms with Crippen LogP contribution in [0, 0.1) is 0 Å². The van der Waals surface area contributed by atoms with Gasteiger partial charge in [-0.15, -0.1) is 0 Å². The van der Waals surface area contributed by atoms with Gasteiger partial charge in [-0.05, 0) is 39.3 Å². The molecule has 0 saturated heterocycles. The van der Waals surface area contributed by atoms with Gasteiger partial charge in [0.15, 0.2) is 0 Å². The van der Waals surface area contributed by atoms with Crippen LogP contribution in [-0.2, 0) is 13.3 Å². The summed E-state index contributed by atoms with van der Waals surface area (Å²) in [6.45, 7) is 10.6. The SMILES string of the molecule is CCCCCCCCOc1ccc([Si](OCC)(OCC)OCC)cc1. The highest BCUT2D eigenvalue weighted by molar-refractivity contribution is 6.75. The van der Waals surface area contributed by atoms with Crippen LogP contribution in [-0.4, -0.2) is 35.2 Å². The van der Waals surface area contributed by atoms with Gasteiger partial charge in [0.1, 0.15) is 5.75 Å². The monoisotopic (exact) mass is 368 g/mol. The summed E-state index contributed by atoms with van der Waals surface area (Å²) in [6, 6.07) is 8.02. The van der Waals surface area contributed by atoms with Crippen LogP contribution in [0.15, 0.2) is 24.3 Å². The van der Waals surface area contributed by atoms with Crippen LogP contribution in [0.1, 0.15) is 66.2 Å². The Labute approximate surface area is 155 Å². The molecule has 144 valence electrons. The summed E-state index contributed by atoms with van der Waals surface area (Å²) in [4.78, 5) is 0. The average Bonchev–Trinajstić information content (AvgIpc) is 2.62. The molecule has 0 spiro atoms. The Balaban J connectivity index is 2.54. The maximum absolute atomic E-state index is 5.94. The molecule has 0 heterocycles. The van der Waals surface area contributed by atoms with Crippen molar-refractivity contribution in [3.63, 3.8) is 0 Å². The zero-order chi connectivity index (χ0) is 18.4. The van der Waals surface area contributed by atoms with Crippen LogP contribution in [0.5, 0.6) is 5.75 Å². The topological polar surface area (TPSA) is 36.9 Å². The Kier molecular flexibility index (Phi) is 11.8. The summed E-state index contributed by atoms with van der Waals surface area (Å²) in [7, 11) is -2.81. The lowest BCUT2D eigenvalue weighted by Crippen LogP contribution is -2.56. The molecule has 1 aromatic carbocycles. The van der Waals surface area contributed by atoms with E-state index in [1.165, 1.54) is 32.1 Å². The number of ether oxygens (including phenoxy) is 1. The van der Waals surface area contributed by atoms with Gasteiger partial charge in [-0.2, -0.15) is 0 Å². The second kappa shape index (κ2) is 13.3. The number of benzene rings is 1. The summed E-state index contributed by atoms with van der Waals surface area (Å²) in [6.07, 6.45) is 7.63. The molecule has 25 heavy (non-hydrogen) atoms. The minimum absolute atomic E-state index is 0.572. The first-order valence-corrected chi connectivity index (χ1v) is 11.6. The predicted octanol–water partition coefficient (Wildman–Crippen LogP) is 4.68. The van der Waals surface area contributed by atoms with E-state index < -0.39 is 8.80 Å². The van der Waals surface area contributed by atoms with Crippen LogP contribution in [0.3, 0.4) is 0 Å². The molecule has 0 aliphatic heterocycles. The van der Waals surface area contributed by atoms with Gasteiger partial charge < -0.3 is 18.0 Å². The smallest absolute Gasteiger partial charge is 0.494 e.